The number of aromatic nitrogens is 2. The lowest BCUT2D eigenvalue weighted by Crippen LogP contribution is -2.13. The second-order valence-corrected chi connectivity index (χ2v) is 11.8. The van der Waals surface area contributed by atoms with Gasteiger partial charge in [-0.25, -0.2) is 4.98 Å². The second-order valence-electron chi connectivity index (χ2n) is 11.8. The monoisotopic (exact) mass is 503 g/mol. The molecule has 0 saturated heterocycles. The predicted octanol–water partition coefficient (Wildman–Crippen LogP) is 12.3. The summed E-state index contributed by atoms with van der Waals surface area (Å²) < 4.78 is 2.53. The van der Waals surface area contributed by atoms with Crippen LogP contribution in [0.5, 0.6) is 0 Å². The molecular formula is C34H66N2. The summed E-state index contributed by atoms with van der Waals surface area (Å²) in [7, 11) is 0. The minimum Gasteiger partial charge on any atom is -0.332 e. The Hall–Kier alpha value is -0.790. The van der Waals surface area contributed by atoms with Gasteiger partial charge >= 0.3 is 0 Å². The van der Waals surface area contributed by atoms with Crippen molar-refractivity contribution in [1.29, 1.82) is 0 Å². The quantitative estimate of drug-likeness (QED) is 0.109. The van der Waals surface area contributed by atoms with Gasteiger partial charge in [0.05, 0.1) is 0 Å². The molecule has 2 nitrogen and oxygen atoms in total. The third-order valence-corrected chi connectivity index (χ3v) is 8.33. The van der Waals surface area contributed by atoms with Crippen molar-refractivity contribution in [3.05, 3.63) is 18.2 Å². The Morgan fingerprint density at radius 1 is 0.528 bits per heavy atom. The summed E-state index contributed by atoms with van der Waals surface area (Å²) in [6.45, 7) is 9.32. The van der Waals surface area contributed by atoms with Gasteiger partial charge in [0, 0.05) is 24.4 Å². The van der Waals surface area contributed by atoms with Gasteiger partial charge in [-0.05, 0) is 26.2 Å². The molecule has 0 radical (unpaired) electrons. The van der Waals surface area contributed by atoms with Crippen LogP contribution in [0.2, 0.25) is 0 Å². The van der Waals surface area contributed by atoms with Gasteiger partial charge in [-0.1, -0.05) is 162 Å². The van der Waals surface area contributed by atoms with E-state index in [2.05, 4.69) is 44.7 Å². The van der Waals surface area contributed by atoms with Crippen LogP contribution in [0.1, 0.15) is 206 Å². The largest absolute Gasteiger partial charge is 0.332 e. The summed E-state index contributed by atoms with van der Waals surface area (Å²) in [5.41, 5.74) is 0. The Balaban J connectivity index is 2.39. The first-order valence-electron chi connectivity index (χ1n) is 16.8. The Morgan fingerprint density at radius 3 is 1.33 bits per heavy atom. The predicted molar refractivity (Wildman–Crippen MR) is 162 cm³/mol. The van der Waals surface area contributed by atoms with Crippen molar-refractivity contribution >= 4 is 0 Å². The van der Waals surface area contributed by atoms with Gasteiger partial charge in [0.15, 0.2) is 0 Å². The van der Waals surface area contributed by atoms with Crippen LogP contribution in [-0.4, -0.2) is 9.55 Å². The van der Waals surface area contributed by atoms with Gasteiger partial charge < -0.3 is 4.57 Å². The van der Waals surface area contributed by atoms with E-state index in [1.54, 1.807) is 0 Å². The molecule has 1 rings (SSSR count). The van der Waals surface area contributed by atoms with E-state index in [-0.39, 0.29) is 0 Å². The summed E-state index contributed by atoms with van der Waals surface area (Å²) in [4.78, 5) is 4.94. The average Bonchev–Trinajstić information content (AvgIpc) is 3.38. The lowest BCUT2D eigenvalue weighted by Gasteiger charge is -2.22. The zero-order valence-electron chi connectivity index (χ0n) is 25.4. The van der Waals surface area contributed by atoms with Crippen molar-refractivity contribution in [2.24, 2.45) is 0 Å². The Labute approximate surface area is 227 Å². The van der Waals surface area contributed by atoms with Gasteiger partial charge in [-0.2, -0.15) is 0 Å². The highest BCUT2D eigenvalue weighted by molar-refractivity contribution is 5.02. The first kappa shape index (κ1) is 33.2. The average molecular weight is 503 g/mol. The molecule has 1 aromatic rings. The summed E-state index contributed by atoms with van der Waals surface area (Å²) in [5, 5.41) is 0. The van der Waals surface area contributed by atoms with Crippen molar-refractivity contribution < 1.29 is 0 Å². The standard InChI is InChI=1S/C34H66N2/c1-5-8-11-13-15-17-19-21-23-25-28-33(29-26-24-22-20-18-16-14-12-9-6-2)34-35-30-31-36(34)32(4)27-10-7-3/h30-33H,5-29H2,1-4H3. The molecule has 0 aliphatic rings. The molecule has 1 atom stereocenters. The third kappa shape index (κ3) is 16.9. The SMILES string of the molecule is CCCCCCCCCCCCC(CCCCCCCCCCCC)c1nccn1C(C)CCCC. The van der Waals surface area contributed by atoms with E-state index in [1.165, 1.54) is 166 Å². The number of nitrogens with zero attached hydrogens (tertiary/aromatic N) is 2. The first-order chi connectivity index (χ1) is 17.7. The lowest BCUT2D eigenvalue weighted by atomic mass is 9.92. The number of rotatable bonds is 27. The number of unbranched alkanes of at least 4 members (excludes halogenated alkanes) is 19. The molecule has 0 fully saturated rings. The number of hydrogen-bond donors (Lipinski definition) is 0. The maximum atomic E-state index is 4.94. The van der Waals surface area contributed by atoms with E-state index in [0.29, 0.717) is 12.0 Å². The topological polar surface area (TPSA) is 17.8 Å². The van der Waals surface area contributed by atoms with Crippen LogP contribution < -0.4 is 0 Å². The molecule has 0 aliphatic carbocycles. The van der Waals surface area contributed by atoms with E-state index >= 15 is 0 Å². The van der Waals surface area contributed by atoms with E-state index in [0.717, 1.165) is 0 Å². The van der Waals surface area contributed by atoms with E-state index < -0.39 is 0 Å². The summed E-state index contributed by atoms with van der Waals surface area (Å²) in [6.07, 6.45) is 39.4. The highest BCUT2D eigenvalue weighted by Crippen LogP contribution is 2.30. The Kier molecular flexibility index (Phi) is 22.7. The highest BCUT2D eigenvalue weighted by atomic mass is 15.1. The normalized spacial score (nSPS) is 12.6. The minimum atomic E-state index is 0.588. The molecule has 0 spiro atoms. The van der Waals surface area contributed by atoms with Crippen LogP contribution in [0.3, 0.4) is 0 Å². The molecule has 1 aromatic heterocycles. The Morgan fingerprint density at radius 2 is 0.917 bits per heavy atom. The van der Waals surface area contributed by atoms with E-state index in [1.807, 2.05) is 0 Å². The van der Waals surface area contributed by atoms with Gasteiger partial charge in [0.25, 0.3) is 0 Å². The fraction of sp³-hybridized carbons (Fsp3) is 0.912. The molecule has 1 unspecified atom stereocenters. The maximum absolute atomic E-state index is 4.94. The smallest absolute Gasteiger partial charge is 0.111 e. The van der Waals surface area contributed by atoms with Crippen LogP contribution in [-0.2, 0) is 0 Å². The third-order valence-electron chi connectivity index (χ3n) is 8.33. The summed E-state index contributed by atoms with van der Waals surface area (Å²) in [6, 6.07) is 0.588. The van der Waals surface area contributed by atoms with Crippen molar-refractivity contribution in [3.63, 3.8) is 0 Å². The second kappa shape index (κ2) is 24.5. The number of imidazole rings is 1. The van der Waals surface area contributed by atoms with Crippen LogP contribution in [0.15, 0.2) is 12.4 Å². The van der Waals surface area contributed by atoms with E-state index in [4.69, 9.17) is 4.98 Å². The fourth-order valence-electron chi connectivity index (χ4n) is 5.81. The van der Waals surface area contributed by atoms with Crippen molar-refractivity contribution in [1.82, 2.24) is 9.55 Å². The molecule has 212 valence electrons. The summed E-state index contributed by atoms with van der Waals surface area (Å²) >= 11 is 0. The van der Waals surface area contributed by atoms with Crippen molar-refractivity contribution in [3.8, 4) is 0 Å². The summed E-state index contributed by atoms with van der Waals surface area (Å²) in [5.74, 6) is 2.05. The van der Waals surface area contributed by atoms with Gasteiger partial charge in [-0.15, -0.1) is 0 Å². The molecule has 0 N–H and O–H groups in total. The molecular weight excluding hydrogens is 436 g/mol. The zero-order valence-corrected chi connectivity index (χ0v) is 25.4. The van der Waals surface area contributed by atoms with Gasteiger partial charge in [-0.3, -0.25) is 0 Å². The maximum Gasteiger partial charge on any atom is 0.111 e. The molecule has 0 aliphatic heterocycles. The van der Waals surface area contributed by atoms with Gasteiger partial charge in [0.2, 0.25) is 0 Å². The zero-order chi connectivity index (χ0) is 26.1. The highest BCUT2D eigenvalue weighted by Gasteiger charge is 2.19. The van der Waals surface area contributed by atoms with Crippen LogP contribution in [0.4, 0.5) is 0 Å². The van der Waals surface area contributed by atoms with Gasteiger partial charge in [0.1, 0.15) is 5.82 Å². The van der Waals surface area contributed by atoms with Crippen LogP contribution in [0, 0.1) is 0 Å². The lowest BCUT2D eigenvalue weighted by molar-refractivity contribution is 0.417. The molecule has 0 saturated carbocycles. The molecule has 0 bridgehead atoms. The van der Waals surface area contributed by atoms with E-state index in [9.17, 15) is 0 Å². The minimum absolute atomic E-state index is 0.588. The van der Waals surface area contributed by atoms with Crippen molar-refractivity contribution in [2.45, 2.75) is 200 Å². The number of hydrogen-bond acceptors (Lipinski definition) is 1. The van der Waals surface area contributed by atoms with Crippen molar-refractivity contribution in [2.75, 3.05) is 0 Å². The van der Waals surface area contributed by atoms with Crippen LogP contribution >= 0.6 is 0 Å². The molecule has 1 heterocycles. The molecule has 2 heteroatoms. The molecule has 0 amide bonds. The molecule has 0 aromatic carbocycles. The molecule has 36 heavy (non-hydrogen) atoms. The Bertz CT molecular complexity index is 539. The fourth-order valence-corrected chi connectivity index (χ4v) is 5.81. The van der Waals surface area contributed by atoms with Crippen LogP contribution in [0.25, 0.3) is 0 Å². The first-order valence-corrected chi connectivity index (χ1v) is 16.8.